The third-order valence-electron chi connectivity index (χ3n) is 6.46. The second-order valence-corrected chi connectivity index (χ2v) is 9.61. The largest absolute Gasteiger partial charge is 0.368 e. The number of carbonyl (C=O) groups is 3. The number of nitrogens with zero attached hydrogens (tertiary/aromatic N) is 1. The molecule has 1 fully saturated rings. The molecule has 3 amide bonds. The van der Waals surface area contributed by atoms with E-state index in [1.54, 1.807) is 24.3 Å². The number of nitrogens with two attached hydrogens (primary N) is 1. The van der Waals surface area contributed by atoms with Crippen LogP contribution in [0, 0.1) is 5.92 Å². The number of hydrogen-bond acceptors (Lipinski definition) is 4. The van der Waals surface area contributed by atoms with E-state index in [1.165, 1.54) is 0 Å². The van der Waals surface area contributed by atoms with Gasteiger partial charge in [-0.15, -0.1) is 0 Å². The van der Waals surface area contributed by atoms with E-state index in [9.17, 15) is 14.4 Å². The molecular weight excluding hydrogens is 476 g/mol. The number of hydrogen-bond donors (Lipinski definition) is 3. The maximum Gasteiger partial charge on any atom is 0.252 e. The van der Waals surface area contributed by atoms with Gasteiger partial charge in [0, 0.05) is 41.7 Å². The van der Waals surface area contributed by atoms with E-state index in [-0.39, 0.29) is 17.7 Å². The second-order valence-electron chi connectivity index (χ2n) is 9.17. The van der Waals surface area contributed by atoms with Gasteiger partial charge in [0.2, 0.25) is 11.8 Å². The van der Waals surface area contributed by atoms with Crippen LogP contribution in [0.1, 0.15) is 27.4 Å². The summed E-state index contributed by atoms with van der Waals surface area (Å²) in [5.41, 5.74) is 8.32. The molecule has 0 radical (unpaired) electrons. The van der Waals surface area contributed by atoms with Crippen molar-refractivity contribution in [1.29, 1.82) is 0 Å². The first kappa shape index (κ1) is 25.4. The third kappa shape index (κ3) is 6.30. The number of carbonyl (C=O) groups excluding carboxylic acids is 3. The van der Waals surface area contributed by atoms with Gasteiger partial charge in [0.05, 0.1) is 5.92 Å². The van der Waals surface area contributed by atoms with Gasteiger partial charge in [-0.05, 0) is 48.5 Å². The van der Waals surface area contributed by atoms with Crippen molar-refractivity contribution in [2.45, 2.75) is 18.4 Å². The average molecular weight is 505 g/mol. The molecule has 3 atom stereocenters. The number of anilines is 1. The lowest BCUT2D eigenvalue weighted by Crippen LogP contribution is -2.45. The number of benzene rings is 3. The van der Waals surface area contributed by atoms with E-state index >= 15 is 0 Å². The Kier molecular flexibility index (Phi) is 8.03. The summed E-state index contributed by atoms with van der Waals surface area (Å²) < 4.78 is 0. The van der Waals surface area contributed by atoms with Crippen LogP contribution >= 0.6 is 11.6 Å². The first-order valence-electron chi connectivity index (χ1n) is 11.8. The van der Waals surface area contributed by atoms with Crippen molar-refractivity contribution in [3.63, 3.8) is 0 Å². The molecule has 4 N–H and O–H groups in total. The number of nitrogens with one attached hydrogen (secondary N) is 2. The summed E-state index contributed by atoms with van der Waals surface area (Å²) in [6.07, 6.45) is 0.291. The Bertz CT molecular complexity index is 1230. The molecule has 0 unspecified atom stereocenters. The minimum Gasteiger partial charge on any atom is -0.368 e. The number of rotatable bonds is 8. The maximum absolute atomic E-state index is 13.2. The molecular formula is C28H29ClN4O3. The molecule has 1 aliphatic heterocycles. The van der Waals surface area contributed by atoms with Crippen LogP contribution in [0.25, 0.3) is 0 Å². The maximum atomic E-state index is 13.2. The van der Waals surface area contributed by atoms with Gasteiger partial charge < -0.3 is 21.3 Å². The van der Waals surface area contributed by atoms with E-state index in [0.29, 0.717) is 29.2 Å². The van der Waals surface area contributed by atoms with Gasteiger partial charge in [-0.3, -0.25) is 14.4 Å². The Hall–Kier alpha value is -3.68. The Morgan fingerprint density at radius 1 is 1.00 bits per heavy atom. The summed E-state index contributed by atoms with van der Waals surface area (Å²) in [6.45, 7) is 1.39. The minimum absolute atomic E-state index is 0.0352. The van der Waals surface area contributed by atoms with Gasteiger partial charge in [0.15, 0.2) is 0 Å². The van der Waals surface area contributed by atoms with Crippen molar-refractivity contribution in [3.05, 3.63) is 101 Å². The van der Waals surface area contributed by atoms with Crippen molar-refractivity contribution in [2.24, 2.45) is 11.7 Å². The quantitative estimate of drug-likeness (QED) is 0.437. The summed E-state index contributed by atoms with van der Waals surface area (Å²) in [5, 5.41) is 6.33. The van der Waals surface area contributed by atoms with Crippen molar-refractivity contribution >= 4 is 35.0 Å². The molecule has 0 aromatic heterocycles. The summed E-state index contributed by atoms with van der Waals surface area (Å²) >= 11 is 6.03. The Balaban J connectivity index is 1.44. The molecule has 7 nitrogen and oxygen atoms in total. The molecule has 1 heterocycles. The molecule has 3 aromatic carbocycles. The summed E-state index contributed by atoms with van der Waals surface area (Å²) in [5.74, 6) is -1.39. The van der Waals surface area contributed by atoms with E-state index in [1.807, 2.05) is 61.6 Å². The van der Waals surface area contributed by atoms with E-state index in [4.69, 9.17) is 17.3 Å². The number of primary amides is 1. The Labute approximate surface area is 215 Å². The molecule has 36 heavy (non-hydrogen) atoms. The van der Waals surface area contributed by atoms with Crippen LogP contribution in [0.2, 0.25) is 5.02 Å². The SMILES string of the molecule is CN1C[C@H](C(=O)Nc2cccc(C(=O)N[C@@H](Cc3ccccc3)C(N)=O)c2)[C@@H](c2ccc(Cl)cc2)C1. The van der Waals surface area contributed by atoms with Gasteiger partial charge in [0.1, 0.15) is 6.04 Å². The Morgan fingerprint density at radius 3 is 2.42 bits per heavy atom. The van der Waals surface area contributed by atoms with E-state index in [2.05, 4.69) is 15.5 Å². The van der Waals surface area contributed by atoms with Crippen molar-refractivity contribution < 1.29 is 14.4 Å². The zero-order valence-corrected chi connectivity index (χ0v) is 20.7. The molecule has 3 aromatic rings. The van der Waals surface area contributed by atoms with Gasteiger partial charge in [-0.1, -0.05) is 60.1 Å². The molecule has 1 aliphatic rings. The lowest BCUT2D eigenvalue weighted by molar-refractivity contribution is -0.120. The predicted molar refractivity (Wildman–Crippen MR) is 141 cm³/mol. The zero-order chi connectivity index (χ0) is 25.7. The minimum atomic E-state index is -0.854. The number of likely N-dealkylation sites (N-methyl/N-ethyl adjacent to an activating group) is 1. The van der Waals surface area contributed by atoms with Crippen LogP contribution in [-0.4, -0.2) is 48.8 Å². The molecule has 0 spiro atoms. The smallest absolute Gasteiger partial charge is 0.252 e. The normalized spacial score (nSPS) is 18.4. The van der Waals surface area contributed by atoms with Crippen LogP contribution in [-0.2, 0) is 16.0 Å². The van der Waals surface area contributed by atoms with Crippen LogP contribution in [0.4, 0.5) is 5.69 Å². The number of halogens is 1. The fourth-order valence-corrected chi connectivity index (χ4v) is 4.73. The predicted octanol–water partition coefficient (Wildman–Crippen LogP) is 3.45. The lowest BCUT2D eigenvalue weighted by atomic mass is 9.88. The van der Waals surface area contributed by atoms with Crippen LogP contribution in [0.5, 0.6) is 0 Å². The first-order valence-corrected chi connectivity index (χ1v) is 12.2. The zero-order valence-electron chi connectivity index (χ0n) is 20.0. The molecule has 4 rings (SSSR count). The monoisotopic (exact) mass is 504 g/mol. The van der Waals surface area contributed by atoms with Gasteiger partial charge in [-0.25, -0.2) is 0 Å². The Morgan fingerprint density at radius 2 is 1.72 bits per heavy atom. The summed E-state index contributed by atoms with van der Waals surface area (Å²) in [7, 11) is 1.99. The van der Waals surface area contributed by atoms with Crippen molar-refractivity contribution in [1.82, 2.24) is 10.2 Å². The summed E-state index contributed by atoms with van der Waals surface area (Å²) in [4.78, 5) is 40.2. The van der Waals surface area contributed by atoms with E-state index < -0.39 is 17.9 Å². The van der Waals surface area contributed by atoms with Gasteiger partial charge in [0.25, 0.3) is 5.91 Å². The fourth-order valence-electron chi connectivity index (χ4n) is 4.60. The topological polar surface area (TPSA) is 105 Å². The van der Waals surface area contributed by atoms with E-state index in [0.717, 1.165) is 17.7 Å². The number of likely N-dealkylation sites (tertiary alicyclic amines) is 1. The van der Waals surface area contributed by atoms with Crippen molar-refractivity contribution in [2.75, 3.05) is 25.5 Å². The lowest BCUT2D eigenvalue weighted by Gasteiger charge is -2.19. The molecule has 8 heteroatoms. The standard InChI is InChI=1S/C28H29ClN4O3/c1-33-16-23(19-10-12-21(29)13-11-19)24(17-33)28(36)31-22-9-5-8-20(15-22)27(35)32-25(26(30)34)14-18-6-3-2-4-7-18/h2-13,15,23-25H,14,16-17H2,1H3,(H2,30,34)(H,31,36)(H,32,35)/t23-,24+,25+/m1/s1. The molecule has 1 saturated heterocycles. The third-order valence-corrected chi connectivity index (χ3v) is 6.71. The van der Waals surface area contributed by atoms with Crippen LogP contribution in [0.15, 0.2) is 78.9 Å². The highest BCUT2D eigenvalue weighted by Crippen LogP contribution is 2.33. The summed E-state index contributed by atoms with van der Waals surface area (Å²) in [6, 6.07) is 22.7. The van der Waals surface area contributed by atoms with Crippen LogP contribution < -0.4 is 16.4 Å². The van der Waals surface area contributed by atoms with Gasteiger partial charge in [-0.2, -0.15) is 0 Å². The molecule has 0 saturated carbocycles. The molecule has 0 aliphatic carbocycles. The highest BCUT2D eigenvalue weighted by Gasteiger charge is 2.37. The van der Waals surface area contributed by atoms with Crippen LogP contribution in [0.3, 0.4) is 0 Å². The molecule has 0 bridgehead atoms. The second kappa shape index (κ2) is 11.4. The number of amides is 3. The highest BCUT2D eigenvalue weighted by atomic mass is 35.5. The fraction of sp³-hybridized carbons (Fsp3) is 0.250. The average Bonchev–Trinajstić information content (AvgIpc) is 3.26. The molecule has 186 valence electrons. The van der Waals surface area contributed by atoms with Crippen molar-refractivity contribution in [3.8, 4) is 0 Å². The van der Waals surface area contributed by atoms with Gasteiger partial charge >= 0.3 is 0 Å². The first-order chi connectivity index (χ1) is 17.3. The highest BCUT2D eigenvalue weighted by molar-refractivity contribution is 6.30.